The van der Waals surface area contributed by atoms with Gasteiger partial charge in [-0.05, 0) is 79.1 Å². The van der Waals surface area contributed by atoms with Gasteiger partial charge in [0.2, 0.25) is 5.95 Å². The van der Waals surface area contributed by atoms with Crippen molar-refractivity contribution >= 4 is 18.0 Å². The molecule has 2 aliphatic heterocycles. The Labute approximate surface area is 265 Å². The number of hydrogen-bond donors (Lipinski definition) is 1. The first-order chi connectivity index (χ1) is 22.1. The number of carboxylic acid groups (broad SMARTS) is 1. The molecule has 1 aromatic heterocycles. The zero-order valence-corrected chi connectivity index (χ0v) is 25.3. The second-order valence-corrected chi connectivity index (χ2v) is 12.0. The SMILES string of the molecule is COc1cc2c(cc1-c1cnc(N3CCC3)nc1CN1C(=O)O[C@H](c3cc(C(F)(F)F)cc(C(F)(F)F)c3)[C@@H]1C)[C@H](CC(=O)O)CC2. The van der Waals surface area contributed by atoms with Crippen molar-refractivity contribution in [1.29, 1.82) is 0 Å². The summed E-state index contributed by atoms with van der Waals surface area (Å²) in [6.45, 7) is 2.68. The zero-order valence-electron chi connectivity index (χ0n) is 25.3. The number of alkyl halides is 6. The maximum atomic E-state index is 13.6. The average Bonchev–Trinajstić information content (AvgIpc) is 3.49. The van der Waals surface area contributed by atoms with Crippen LogP contribution in [0.2, 0.25) is 0 Å². The Morgan fingerprint density at radius 1 is 1.04 bits per heavy atom. The molecule has 0 radical (unpaired) electrons. The average molecular weight is 665 g/mol. The summed E-state index contributed by atoms with van der Waals surface area (Å²) in [6.07, 6.45) is -8.73. The fourth-order valence-corrected chi connectivity index (χ4v) is 6.41. The largest absolute Gasteiger partial charge is 0.496 e. The van der Waals surface area contributed by atoms with Crippen LogP contribution in [0.4, 0.5) is 37.1 Å². The summed E-state index contributed by atoms with van der Waals surface area (Å²) >= 11 is 0. The van der Waals surface area contributed by atoms with Gasteiger partial charge in [-0.15, -0.1) is 0 Å². The van der Waals surface area contributed by atoms with Gasteiger partial charge < -0.3 is 19.5 Å². The summed E-state index contributed by atoms with van der Waals surface area (Å²) in [5.74, 6) is -0.286. The highest BCUT2D eigenvalue weighted by Gasteiger charge is 2.44. The molecule has 2 saturated heterocycles. The number of fused-ring (bicyclic) bond motifs is 1. The van der Waals surface area contributed by atoms with E-state index >= 15 is 0 Å². The Kier molecular flexibility index (Phi) is 8.20. The first-order valence-corrected chi connectivity index (χ1v) is 14.9. The van der Waals surface area contributed by atoms with Crippen molar-refractivity contribution in [1.82, 2.24) is 14.9 Å². The van der Waals surface area contributed by atoms with Crippen molar-refractivity contribution in [2.24, 2.45) is 0 Å². The Morgan fingerprint density at radius 2 is 1.72 bits per heavy atom. The molecule has 3 aliphatic rings. The number of benzene rings is 2. The van der Waals surface area contributed by atoms with Gasteiger partial charge in [-0.3, -0.25) is 9.69 Å². The maximum Gasteiger partial charge on any atom is 0.416 e. The third-order valence-electron chi connectivity index (χ3n) is 9.02. The summed E-state index contributed by atoms with van der Waals surface area (Å²) in [5, 5.41) is 9.45. The van der Waals surface area contributed by atoms with Crippen LogP contribution < -0.4 is 9.64 Å². The lowest BCUT2D eigenvalue weighted by Gasteiger charge is -2.31. The third kappa shape index (κ3) is 6.26. The van der Waals surface area contributed by atoms with Crippen LogP contribution in [-0.2, 0) is 34.8 Å². The number of carbonyl (C=O) groups is 2. The molecule has 250 valence electrons. The highest BCUT2D eigenvalue weighted by molar-refractivity contribution is 5.77. The minimum Gasteiger partial charge on any atom is -0.496 e. The number of hydrogen-bond acceptors (Lipinski definition) is 7. The fraction of sp³-hybridized carbons (Fsp3) is 0.438. The van der Waals surface area contributed by atoms with Crippen molar-refractivity contribution < 1.29 is 50.5 Å². The molecule has 9 nitrogen and oxygen atoms in total. The molecule has 3 aromatic rings. The first kappa shape index (κ1) is 32.4. The number of rotatable bonds is 8. The number of ether oxygens (including phenoxy) is 2. The Balaban J connectivity index is 1.39. The Bertz CT molecular complexity index is 1690. The van der Waals surface area contributed by atoms with E-state index in [1.807, 2.05) is 17.0 Å². The topological polar surface area (TPSA) is 105 Å². The number of cyclic esters (lactones) is 1. The van der Waals surface area contributed by atoms with Crippen LogP contribution in [0.5, 0.6) is 5.75 Å². The Morgan fingerprint density at radius 3 is 2.30 bits per heavy atom. The van der Waals surface area contributed by atoms with Crippen molar-refractivity contribution in [2.75, 3.05) is 25.1 Å². The number of carboxylic acids is 1. The van der Waals surface area contributed by atoms with Crippen LogP contribution in [-0.4, -0.2) is 58.3 Å². The first-order valence-electron chi connectivity index (χ1n) is 14.9. The van der Waals surface area contributed by atoms with Crippen LogP contribution >= 0.6 is 0 Å². The Hall–Kier alpha value is -4.56. The van der Waals surface area contributed by atoms with Gasteiger partial charge in [0.15, 0.2) is 0 Å². The monoisotopic (exact) mass is 664 g/mol. The molecule has 3 atom stereocenters. The molecule has 1 N–H and O–H groups in total. The molecule has 0 spiro atoms. The van der Waals surface area contributed by atoms with Crippen LogP contribution in [0.3, 0.4) is 0 Å². The van der Waals surface area contributed by atoms with Crippen molar-refractivity contribution in [3.63, 3.8) is 0 Å². The number of aryl methyl sites for hydroxylation is 1. The molecule has 0 saturated carbocycles. The molecule has 2 aromatic carbocycles. The van der Waals surface area contributed by atoms with Gasteiger partial charge in [0.25, 0.3) is 0 Å². The van der Waals surface area contributed by atoms with E-state index in [4.69, 9.17) is 14.5 Å². The van der Waals surface area contributed by atoms with E-state index in [1.54, 1.807) is 6.20 Å². The van der Waals surface area contributed by atoms with E-state index < -0.39 is 53.3 Å². The molecule has 3 heterocycles. The number of halogens is 6. The summed E-state index contributed by atoms with van der Waals surface area (Å²) in [6, 6.07) is 3.86. The van der Waals surface area contributed by atoms with Crippen molar-refractivity contribution in [2.45, 2.75) is 69.6 Å². The quantitative estimate of drug-likeness (QED) is 0.257. The molecular formula is C32H30F6N4O5. The third-order valence-corrected chi connectivity index (χ3v) is 9.02. The molecule has 1 amide bonds. The number of amides is 1. The smallest absolute Gasteiger partial charge is 0.416 e. The summed E-state index contributed by atoms with van der Waals surface area (Å²) < 4.78 is 92.7. The number of aliphatic carboxylic acids is 1. The predicted octanol–water partition coefficient (Wildman–Crippen LogP) is 6.99. The van der Waals surface area contributed by atoms with Crippen LogP contribution in [0.1, 0.15) is 71.7 Å². The lowest BCUT2D eigenvalue weighted by atomic mass is 9.93. The molecule has 15 heteroatoms. The van der Waals surface area contributed by atoms with Gasteiger partial charge in [-0.1, -0.05) is 0 Å². The lowest BCUT2D eigenvalue weighted by molar-refractivity contribution is -0.143. The summed E-state index contributed by atoms with van der Waals surface area (Å²) in [7, 11) is 1.48. The van der Waals surface area contributed by atoms with E-state index in [1.165, 1.54) is 18.9 Å². The van der Waals surface area contributed by atoms with Crippen molar-refractivity contribution in [3.05, 3.63) is 70.0 Å². The van der Waals surface area contributed by atoms with Gasteiger partial charge in [0.05, 0.1) is 42.9 Å². The van der Waals surface area contributed by atoms with E-state index in [0.29, 0.717) is 66.6 Å². The summed E-state index contributed by atoms with van der Waals surface area (Å²) in [4.78, 5) is 37.2. The second-order valence-electron chi connectivity index (χ2n) is 12.0. The van der Waals surface area contributed by atoms with E-state index in [9.17, 15) is 41.0 Å². The number of methoxy groups -OCH3 is 1. The molecule has 0 bridgehead atoms. The molecule has 6 rings (SSSR count). The molecule has 47 heavy (non-hydrogen) atoms. The van der Waals surface area contributed by atoms with Gasteiger partial charge in [-0.25, -0.2) is 14.8 Å². The predicted molar refractivity (Wildman–Crippen MR) is 155 cm³/mol. The highest BCUT2D eigenvalue weighted by Crippen LogP contribution is 2.45. The molecule has 1 aliphatic carbocycles. The lowest BCUT2D eigenvalue weighted by Crippen LogP contribution is -2.39. The normalized spacial score (nSPS) is 21.0. The van der Waals surface area contributed by atoms with Gasteiger partial charge >= 0.3 is 24.4 Å². The highest BCUT2D eigenvalue weighted by atomic mass is 19.4. The van der Waals surface area contributed by atoms with E-state index in [2.05, 4.69) is 4.98 Å². The van der Waals surface area contributed by atoms with E-state index in [-0.39, 0.29) is 24.9 Å². The van der Waals surface area contributed by atoms with Crippen LogP contribution in [0.15, 0.2) is 36.5 Å². The molecular weight excluding hydrogens is 634 g/mol. The van der Waals surface area contributed by atoms with Gasteiger partial charge in [0, 0.05) is 30.4 Å². The molecule has 2 fully saturated rings. The number of carbonyl (C=O) groups excluding carboxylic acids is 1. The minimum absolute atomic E-state index is 0.0260. The zero-order chi connectivity index (χ0) is 33.8. The van der Waals surface area contributed by atoms with Gasteiger partial charge in [0.1, 0.15) is 11.9 Å². The molecule has 0 unspecified atom stereocenters. The number of nitrogens with zero attached hydrogens (tertiary/aromatic N) is 4. The second kappa shape index (κ2) is 11.9. The number of anilines is 1. The van der Waals surface area contributed by atoms with Crippen molar-refractivity contribution in [3.8, 4) is 16.9 Å². The van der Waals surface area contributed by atoms with Crippen LogP contribution in [0, 0.1) is 0 Å². The minimum atomic E-state index is -5.07. The number of aromatic nitrogens is 2. The fourth-order valence-electron chi connectivity index (χ4n) is 6.41. The summed E-state index contributed by atoms with van der Waals surface area (Å²) in [5.41, 5.74) is -0.287. The maximum absolute atomic E-state index is 13.6. The van der Waals surface area contributed by atoms with Gasteiger partial charge in [-0.2, -0.15) is 26.3 Å². The van der Waals surface area contributed by atoms with Crippen LogP contribution in [0.25, 0.3) is 11.1 Å². The standard InChI is InChI=1S/C32H30F6N4O5/c1-16-28(19-8-20(31(33,34)35)12-21(9-19)32(36,37)38)47-30(45)42(16)15-25-24(14-39-29(40-25)41-6-3-7-41)23-13-22-17(10-26(23)46-2)4-5-18(22)11-27(43)44/h8-10,12-14,16,18,28H,3-7,11,15H2,1-2H3,(H,43,44)/t16-,18-,28-/m0/s1. The van der Waals surface area contributed by atoms with E-state index in [0.717, 1.165) is 17.5 Å².